The maximum atomic E-state index is 12.2. The number of esters is 1. The molecule has 1 aromatic heterocycles. The van der Waals surface area contributed by atoms with Crippen molar-refractivity contribution in [2.45, 2.75) is 26.9 Å². The van der Waals surface area contributed by atoms with Crippen molar-refractivity contribution < 1.29 is 19.4 Å². The molecule has 0 aliphatic heterocycles. The number of halogens is 2. The van der Waals surface area contributed by atoms with E-state index in [1.165, 1.54) is 6.07 Å². The molecule has 0 aliphatic carbocycles. The van der Waals surface area contributed by atoms with Crippen molar-refractivity contribution in [3.63, 3.8) is 0 Å². The highest BCUT2D eigenvalue weighted by atomic mass is 35.5. The Morgan fingerprint density at radius 1 is 1.32 bits per heavy atom. The summed E-state index contributed by atoms with van der Waals surface area (Å²) >= 11 is 11.8. The molecule has 0 aliphatic rings. The Balaban J connectivity index is 2.01. The first kappa shape index (κ1) is 19.3. The summed E-state index contributed by atoms with van der Waals surface area (Å²) in [7, 11) is 0. The van der Waals surface area contributed by atoms with Gasteiger partial charge in [0.05, 0.1) is 16.8 Å². The fraction of sp³-hybridized carbons (Fsp3) is 0.294. The van der Waals surface area contributed by atoms with Gasteiger partial charge in [-0.05, 0) is 44.5 Å². The summed E-state index contributed by atoms with van der Waals surface area (Å²) in [4.78, 5) is 27.0. The van der Waals surface area contributed by atoms with Gasteiger partial charge in [0.1, 0.15) is 5.69 Å². The predicted molar refractivity (Wildman–Crippen MR) is 96.3 cm³/mol. The Bertz CT molecular complexity index is 815. The van der Waals surface area contributed by atoms with E-state index in [4.69, 9.17) is 27.9 Å². The van der Waals surface area contributed by atoms with Crippen LogP contribution in [0.5, 0.6) is 0 Å². The second-order valence-electron chi connectivity index (χ2n) is 5.59. The van der Waals surface area contributed by atoms with Crippen LogP contribution in [0.4, 0.5) is 5.69 Å². The number of amides is 1. The lowest BCUT2D eigenvalue weighted by Gasteiger charge is -2.09. The standard InChI is InChI=1S/C17H18Cl2N2O4/c1-8-15(10(3)22)9(2)20-16(8)17(24)25-7-14(23)21-13-6-11(18)4-5-12(13)19/h4-6,10,20,22H,7H2,1-3H3,(H,21,23)/t10-/m1/s1. The molecule has 2 aromatic rings. The summed E-state index contributed by atoms with van der Waals surface area (Å²) in [5.74, 6) is -1.23. The largest absolute Gasteiger partial charge is 0.451 e. The molecule has 0 unspecified atom stereocenters. The van der Waals surface area contributed by atoms with Gasteiger partial charge < -0.3 is 20.1 Å². The number of aliphatic hydroxyl groups excluding tert-OH is 1. The molecule has 0 radical (unpaired) electrons. The van der Waals surface area contributed by atoms with Crippen LogP contribution < -0.4 is 5.32 Å². The molecular weight excluding hydrogens is 367 g/mol. The van der Waals surface area contributed by atoms with E-state index in [1.54, 1.807) is 32.9 Å². The number of ether oxygens (including phenoxy) is 1. The molecule has 1 aromatic carbocycles. The second kappa shape index (κ2) is 7.91. The van der Waals surface area contributed by atoms with E-state index in [-0.39, 0.29) is 5.69 Å². The highest BCUT2D eigenvalue weighted by Gasteiger charge is 2.21. The van der Waals surface area contributed by atoms with Crippen molar-refractivity contribution in [3.05, 3.63) is 50.8 Å². The fourth-order valence-electron chi connectivity index (χ4n) is 2.58. The van der Waals surface area contributed by atoms with Crippen LogP contribution in [0.15, 0.2) is 18.2 Å². The maximum absolute atomic E-state index is 12.2. The number of benzene rings is 1. The molecular formula is C17H18Cl2N2O4. The smallest absolute Gasteiger partial charge is 0.355 e. The number of nitrogens with one attached hydrogen (secondary N) is 2. The van der Waals surface area contributed by atoms with Gasteiger partial charge in [-0.25, -0.2) is 4.79 Å². The van der Waals surface area contributed by atoms with Crippen molar-refractivity contribution in [2.24, 2.45) is 0 Å². The summed E-state index contributed by atoms with van der Waals surface area (Å²) in [6, 6.07) is 4.64. The van der Waals surface area contributed by atoms with Gasteiger partial charge >= 0.3 is 5.97 Å². The Labute approximate surface area is 155 Å². The lowest BCUT2D eigenvalue weighted by Crippen LogP contribution is -2.21. The van der Waals surface area contributed by atoms with Gasteiger partial charge in [0.2, 0.25) is 0 Å². The van der Waals surface area contributed by atoms with Crippen molar-refractivity contribution in [3.8, 4) is 0 Å². The van der Waals surface area contributed by atoms with Crippen molar-refractivity contribution >= 4 is 40.8 Å². The molecule has 0 bridgehead atoms. The van der Waals surface area contributed by atoms with Gasteiger partial charge in [-0.2, -0.15) is 0 Å². The molecule has 8 heteroatoms. The number of aryl methyl sites for hydroxylation is 1. The van der Waals surface area contributed by atoms with Gasteiger partial charge in [0.15, 0.2) is 6.61 Å². The number of aromatic amines is 1. The molecule has 0 fully saturated rings. The van der Waals surface area contributed by atoms with E-state index in [0.29, 0.717) is 32.6 Å². The SMILES string of the molecule is Cc1[nH]c(C(=O)OCC(=O)Nc2cc(Cl)ccc2Cl)c(C)c1[C@@H](C)O. The molecule has 1 amide bonds. The van der Waals surface area contributed by atoms with E-state index in [1.807, 2.05) is 0 Å². The van der Waals surface area contributed by atoms with Crippen LogP contribution in [0.25, 0.3) is 0 Å². The number of hydrogen-bond acceptors (Lipinski definition) is 4. The molecule has 2 rings (SSSR count). The molecule has 6 nitrogen and oxygen atoms in total. The van der Waals surface area contributed by atoms with Gasteiger partial charge in [0, 0.05) is 16.3 Å². The number of hydrogen-bond donors (Lipinski definition) is 3. The normalized spacial score (nSPS) is 11.9. The summed E-state index contributed by atoms with van der Waals surface area (Å²) in [5, 5.41) is 13.0. The topological polar surface area (TPSA) is 91.4 Å². The number of aromatic nitrogens is 1. The van der Waals surface area contributed by atoms with E-state index in [0.717, 1.165) is 0 Å². The van der Waals surface area contributed by atoms with Crippen LogP contribution in [0.3, 0.4) is 0 Å². The third-order valence-corrected chi connectivity index (χ3v) is 4.22. The first-order chi connectivity index (χ1) is 11.7. The van der Waals surface area contributed by atoms with Gasteiger partial charge in [-0.1, -0.05) is 23.2 Å². The molecule has 0 spiro atoms. The third-order valence-electron chi connectivity index (χ3n) is 3.65. The fourth-order valence-corrected chi connectivity index (χ4v) is 2.92. The number of carbonyl (C=O) groups excluding carboxylic acids is 2. The Morgan fingerprint density at radius 2 is 2.00 bits per heavy atom. The minimum Gasteiger partial charge on any atom is -0.451 e. The van der Waals surface area contributed by atoms with Crippen LogP contribution in [0.2, 0.25) is 10.0 Å². The highest BCUT2D eigenvalue weighted by Crippen LogP contribution is 2.26. The van der Waals surface area contributed by atoms with Crippen LogP contribution in [-0.4, -0.2) is 28.6 Å². The lowest BCUT2D eigenvalue weighted by molar-refractivity contribution is -0.119. The van der Waals surface area contributed by atoms with Crippen LogP contribution in [-0.2, 0) is 9.53 Å². The quantitative estimate of drug-likeness (QED) is 0.683. The first-order valence-electron chi connectivity index (χ1n) is 7.49. The van der Waals surface area contributed by atoms with E-state index in [2.05, 4.69) is 10.3 Å². The lowest BCUT2D eigenvalue weighted by atomic mass is 10.1. The minimum atomic E-state index is -0.717. The van der Waals surface area contributed by atoms with Crippen LogP contribution >= 0.6 is 23.2 Å². The maximum Gasteiger partial charge on any atom is 0.355 e. The van der Waals surface area contributed by atoms with Crippen LogP contribution in [0, 0.1) is 13.8 Å². The van der Waals surface area contributed by atoms with Gasteiger partial charge in [0.25, 0.3) is 5.91 Å². The Hall–Kier alpha value is -2.02. The molecule has 3 N–H and O–H groups in total. The average molecular weight is 385 g/mol. The molecule has 1 heterocycles. The zero-order valence-corrected chi connectivity index (χ0v) is 15.5. The summed E-state index contributed by atoms with van der Waals surface area (Å²) in [6.45, 7) is 4.58. The number of rotatable bonds is 5. The molecule has 25 heavy (non-hydrogen) atoms. The zero-order chi connectivity index (χ0) is 18.7. The highest BCUT2D eigenvalue weighted by molar-refractivity contribution is 6.35. The summed E-state index contributed by atoms with van der Waals surface area (Å²) < 4.78 is 5.02. The summed E-state index contributed by atoms with van der Waals surface area (Å²) in [5.41, 5.74) is 2.45. The third kappa shape index (κ3) is 4.54. The van der Waals surface area contributed by atoms with Crippen molar-refractivity contribution in [2.75, 3.05) is 11.9 Å². The van der Waals surface area contributed by atoms with Crippen molar-refractivity contribution in [1.29, 1.82) is 0 Å². The second-order valence-corrected chi connectivity index (χ2v) is 6.43. The van der Waals surface area contributed by atoms with Crippen molar-refractivity contribution in [1.82, 2.24) is 4.98 Å². The number of aliphatic hydroxyl groups is 1. The van der Waals surface area contributed by atoms with Gasteiger partial charge in [-0.3, -0.25) is 4.79 Å². The molecule has 134 valence electrons. The molecule has 0 saturated carbocycles. The molecule has 1 atom stereocenters. The zero-order valence-electron chi connectivity index (χ0n) is 13.9. The Morgan fingerprint density at radius 3 is 2.60 bits per heavy atom. The summed E-state index contributed by atoms with van der Waals surface area (Å²) in [6.07, 6.45) is -0.717. The average Bonchev–Trinajstić information content (AvgIpc) is 2.83. The van der Waals surface area contributed by atoms with E-state index < -0.39 is 24.6 Å². The number of carbonyl (C=O) groups is 2. The minimum absolute atomic E-state index is 0.210. The molecule has 0 saturated heterocycles. The predicted octanol–water partition coefficient (Wildman–Crippen LogP) is 3.79. The monoisotopic (exact) mass is 384 g/mol. The van der Waals surface area contributed by atoms with E-state index in [9.17, 15) is 14.7 Å². The van der Waals surface area contributed by atoms with Crippen LogP contribution in [0.1, 0.15) is 40.3 Å². The van der Waals surface area contributed by atoms with Gasteiger partial charge in [-0.15, -0.1) is 0 Å². The van der Waals surface area contributed by atoms with E-state index >= 15 is 0 Å². The Kier molecular flexibility index (Phi) is 6.11. The number of H-pyrrole nitrogens is 1. The first-order valence-corrected chi connectivity index (χ1v) is 8.25. The number of anilines is 1.